The minimum absolute atomic E-state index is 0. The first kappa shape index (κ1) is 22.4. The number of nitrogens with one attached hydrogen (secondary N) is 2. The Morgan fingerprint density at radius 1 is 1.22 bits per heavy atom. The van der Waals surface area contributed by atoms with Crippen molar-refractivity contribution in [2.24, 2.45) is 7.05 Å². The zero-order valence-corrected chi connectivity index (χ0v) is 17.6. The van der Waals surface area contributed by atoms with Gasteiger partial charge in [0.25, 0.3) is 0 Å². The summed E-state index contributed by atoms with van der Waals surface area (Å²) >= 11 is 0. The molecule has 3 fully saturated rings. The summed E-state index contributed by atoms with van der Waals surface area (Å²) in [6.07, 6.45) is 8.72. The molecule has 0 aromatic carbocycles. The number of piperazine rings is 1. The van der Waals surface area contributed by atoms with Crippen LogP contribution in [0.1, 0.15) is 37.5 Å². The Hall–Kier alpha value is -0.860. The molecule has 1 unspecified atom stereocenters. The van der Waals surface area contributed by atoms with E-state index < -0.39 is 0 Å². The van der Waals surface area contributed by atoms with Crippen LogP contribution in [0.4, 0.5) is 0 Å². The lowest BCUT2D eigenvalue weighted by Gasteiger charge is -2.36. The van der Waals surface area contributed by atoms with Crippen molar-refractivity contribution in [2.45, 2.75) is 43.8 Å². The molecule has 1 atom stereocenters. The van der Waals surface area contributed by atoms with E-state index in [1.54, 1.807) is 0 Å². The van der Waals surface area contributed by atoms with Gasteiger partial charge in [-0.2, -0.15) is 0 Å². The van der Waals surface area contributed by atoms with E-state index in [0.717, 1.165) is 57.4 Å². The Labute approximate surface area is 174 Å². The Morgan fingerprint density at radius 3 is 2.59 bits per heavy atom. The molecule has 1 saturated carbocycles. The topological polar surface area (TPSA) is 65.4 Å². The number of imidazole rings is 1. The van der Waals surface area contributed by atoms with Crippen LogP contribution >= 0.6 is 24.8 Å². The van der Waals surface area contributed by atoms with Gasteiger partial charge in [0.1, 0.15) is 5.82 Å². The van der Waals surface area contributed by atoms with Crippen LogP contribution in [0.15, 0.2) is 12.4 Å². The first-order chi connectivity index (χ1) is 12.2. The number of halogens is 2. The third kappa shape index (κ3) is 5.57. The number of hydrogen-bond donors (Lipinski definition) is 2. The van der Waals surface area contributed by atoms with Crippen LogP contribution in [0.5, 0.6) is 0 Å². The number of amides is 1. The summed E-state index contributed by atoms with van der Waals surface area (Å²) in [5.74, 6) is 1.18. The molecule has 1 amide bonds. The van der Waals surface area contributed by atoms with Gasteiger partial charge in [0.2, 0.25) is 5.91 Å². The van der Waals surface area contributed by atoms with Gasteiger partial charge in [-0.1, -0.05) is 0 Å². The fourth-order valence-electron chi connectivity index (χ4n) is 4.19. The third-order valence-electron chi connectivity index (χ3n) is 5.82. The maximum Gasteiger partial charge on any atom is 0.234 e. The van der Waals surface area contributed by atoms with E-state index in [2.05, 4.69) is 30.0 Å². The molecule has 1 aliphatic carbocycles. The normalized spacial score (nSPS) is 24.7. The van der Waals surface area contributed by atoms with Gasteiger partial charge >= 0.3 is 0 Å². The summed E-state index contributed by atoms with van der Waals surface area (Å²) in [4.78, 5) is 21.9. The maximum absolute atomic E-state index is 12.6. The van der Waals surface area contributed by atoms with Crippen LogP contribution in [-0.4, -0.2) is 76.6 Å². The van der Waals surface area contributed by atoms with E-state index in [0.29, 0.717) is 12.6 Å². The molecule has 2 saturated heterocycles. The minimum atomic E-state index is 0. The fourth-order valence-corrected chi connectivity index (χ4v) is 4.19. The van der Waals surface area contributed by atoms with Crippen LogP contribution in [0.25, 0.3) is 0 Å². The number of likely N-dealkylation sites (tertiary alicyclic amines) is 1. The van der Waals surface area contributed by atoms with Gasteiger partial charge in [-0.25, -0.2) is 4.98 Å². The molecule has 9 heteroatoms. The molecule has 2 N–H and O–H groups in total. The van der Waals surface area contributed by atoms with Gasteiger partial charge in [0.05, 0.1) is 12.6 Å². The molecule has 0 spiro atoms. The number of nitrogens with zero attached hydrogens (tertiary/aromatic N) is 4. The zero-order valence-electron chi connectivity index (χ0n) is 16.0. The standard InChI is InChI=1S/C18H30N6O.2ClH/c1-22-10-7-20-18(22)16-12-19-6-11-24(16)13-17(25)21-14-4-8-23(9-5-14)15-2-3-15;;/h7,10,14-16,19H,2-6,8-9,11-13H2,1H3,(H,21,25);2*1H. The van der Waals surface area contributed by atoms with Gasteiger partial charge in [-0.05, 0) is 25.7 Å². The van der Waals surface area contributed by atoms with E-state index >= 15 is 0 Å². The highest BCUT2D eigenvalue weighted by atomic mass is 35.5. The van der Waals surface area contributed by atoms with E-state index in [-0.39, 0.29) is 36.8 Å². The van der Waals surface area contributed by atoms with E-state index in [1.807, 2.05) is 19.4 Å². The Bertz CT molecular complexity index is 600. The highest BCUT2D eigenvalue weighted by molar-refractivity contribution is 5.85. The highest BCUT2D eigenvalue weighted by Gasteiger charge is 2.33. The van der Waals surface area contributed by atoms with E-state index in [9.17, 15) is 4.79 Å². The van der Waals surface area contributed by atoms with Crippen molar-refractivity contribution in [3.8, 4) is 0 Å². The van der Waals surface area contributed by atoms with Crippen LogP contribution in [0.3, 0.4) is 0 Å². The largest absolute Gasteiger partial charge is 0.352 e. The molecular formula is C18H32Cl2N6O. The molecule has 154 valence electrons. The first-order valence-electron chi connectivity index (χ1n) is 9.66. The number of carbonyl (C=O) groups excluding carboxylic acids is 1. The third-order valence-corrected chi connectivity index (χ3v) is 5.82. The SMILES string of the molecule is Cl.Cl.Cn1ccnc1C1CNCCN1CC(=O)NC1CCN(C2CC2)CC1. The Kier molecular flexibility index (Phi) is 8.37. The molecule has 3 heterocycles. The van der Waals surface area contributed by atoms with Crippen LogP contribution < -0.4 is 10.6 Å². The summed E-state index contributed by atoms with van der Waals surface area (Å²) in [6.45, 7) is 5.39. The van der Waals surface area contributed by atoms with Crippen LogP contribution in [0, 0.1) is 0 Å². The maximum atomic E-state index is 12.6. The predicted octanol–water partition coefficient (Wildman–Crippen LogP) is 0.953. The van der Waals surface area contributed by atoms with E-state index in [1.165, 1.54) is 12.8 Å². The van der Waals surface area contributed by atoms with Crippen molar-refractivity contribution in [1.82, 2.24) is 30.0 Å². The molecule has 4 rings (SSSR count). The number of hydrogen-bond acceptors (Lipinski definition) is 5. The second kappa shape index (κ2) is 10.1. The summed E-state index contributed by atoms with van der Waals surface area (Å²) in [6, 6.07) is 1.35. The minimum Gasteiger partial charge on any atom is -0.352 e. The fraction of sp³-hybridized carbons (Fsp3) is 0.778. The smallest absolute Gasteiger partial charge is 0.234 e. The van der Waals surface area contributed by atoms with Crippen LogP contribution in [-0.2, 0) is 11.8 Å². The number of piperidine rings is 1. The lowest BCUT2D eigenvalue weighted by molar-refractivity contribution is -0.124. The number of rotatable bonds is 5. The number of aromatic nitrogens is 2. The lowest BCUT2D eigenvalue weighted by Crippen LogP contribution is -2.52. The van der Waals surface area contributed by atoms with Crippen molar-refractivity contribution >= 4 is 30.7 Å². The van der Waals surface area contributed by atoms with Crippen molar-refractivity contribution < 1.29 is 4.79 Å². The summed E-state index contributed by atoms with van der Waals surface area (Å²) in [5.41, 5.74) is 0. The predicted molar refractivity (Wildman–Crippen MR) is 111 cm³/mol. The number of carbonyl (C=O) groups is 1. The van der Waals surface area contributed by atoms with Crippen LogP contribution in [0.2, 0.25) is 0 Å². The van der Waals surface area contributed by atoms with Gasteiger partial charge in [0.15, 0.2) is 0 Å². The van der Waals surface area contributed by atoms with Crippen molar-refractivity contribution in [3.05, 3.63) is 18.2 Å². The second-order valence-electron chi connectivity index (χ2n) is 7.70. The number of aryl methyl sites for hydroxylation is 1. The molecule has 0 radical (unpaired) electrons. The average Bonchev–Trinajstić information content (AvgIpc) is 3.38. The molecule has 1 aromatic rings. The summed E-state index contributed by atoms with van der Waals surface area (Å²) in [5, 5.41) is 6.70. The zero-order chi connectivity index (χ0) is 17.2. The molecule has 2 aliphatic heterocycles. The van der Waals surface area contributed by atoms with Crippen molar-refractivity contribution in [1.29, 1.82) is 0 Å². The molecule has 27 heavy (non-hydrogen) atoms. The van der Waals surface area contributed by atoms with Crippen molar-refractivity contribution in [2.75, 3.05) is 39.3 Å². The van der Waals surface area contributed by atoms with Gasteiger partial charge < -0.3 is 20.1 Å². The van der Waals surface area contributed by atoms with Gasteiger partial charge in [0, 0.05) is 64.2 Å². The van der Waals surface area contributed by atoms with Gasteiger partial charge in [-0.3, -0.25) is 9.69 Å². The summed E-state index contributed by atoms with van der Waals surface area (Å²) < 4.78 is 2.05. The van der Waals surface area contributed by atoms with E-state index in [4.69, 9.17) is 0 Å². The second-order valence-corrected chi connectivity index (χ2v) is 7.70. The Balaban J connectivity index is 0.00000131. The molecular weight excluding hydrogens is 387 g/mol. The molecule has 0 bridgehead atoms. The molecule has 7 nitrogen and oxygen atoms in total. The lowest BCUT2D eigenvalue weighted by atomic mass is 10.0. The average molecular weight is 419 g/mol. The monoisotopic (exact) mass is 418 g/mol. The first-order valence-corrected chi connectivity index (χ1v) is 9.66. The quantitative estimate of drug-likeness (QED) is 0.744. The van der Waals surface area contributed by atoms with Crippen molar-refractivity contribution in [3.63, 3.8) is 0 Å². The van der Waals surface area contributed by atoms with Gasteiger partial charge in [-0.15, -0.1) is 24.8 Å². The molecule has 1 aromatic heterocycles. The molecule has 3 aliphatic rings. The Morgan fingerprint density at radius 2 is 1.96 bits per heavy atom. The highest BCUT2D eigenvalue weighted by Crippen LogP contribution is 2.29. The summed E-state index contributed by atoms with van der Waals surface area (Å²) in [7, 11) is 2.02.